The number of benzene rings is 2. The van der Waals surface area contributed by atoms with Gasteiger partial charge in [-0.15, -0.1) is 0 Å². The van der Waals surface area contributed by atoms with E-state index in [1.54, 1.807) is 24.0 Å². The van der Waals surface area contributed by atoms with E-state index in [0.717, 1.165) is 24.3 Å². The van der Waals surface area contributed by atoms with Crippen molar-refractivity contribution in [1.29, 1.82) is 0 Å². The number of nitrogens with zero attached hydrogens (tertiary/aromatic N) is 2. The van der Waals surface area contributed by atoms with E-state index in [4.69, 9.17) is 14.2 Å². The largest absolute Gasteiger partial charge is 0.496 e. The van der Waals surface area contributed by atoms with Gasteiger partial charge < -0.3 is 24.0 Å². The highest BCUT2D eigenvalue weighted by molar-refractivity contribution is 5.93. The van der Waals surface area contributed by atoms with Gasteiger partial charge >= 0.3 is 5.97 Å². The molecule has 1 amide bonds. The van der Waals surface area contributed by atoms with E-state index in [9.17, 15) is 9.59 Å². The lowest BCUT2D eigenvalue weighted by Gasteiger charge is -2.37. The summed E-state index contributed by atoms with van der Waals surface area (Å²) in [5.74, 6) is 0.270. The van der Waals surface area contributed by atoms with E-state index < -0.39 is 12.1 Å². The molecule has 0 N–H and O–H groups in total. The number of methoxy groups -OCH3 is 2. The van der Waals surface area contributed by atoms with Gasteiger partial charge in [-0.2, -0.15) is 0 Å². The van der Waals surface area contributed by atoms with Crippen molar-refractivity contribution in [3.8, 4) is 11.5 Å². The second kappa shape index (κ2) is 9.52. The lowest BCUT2D eigenvalue weighted by Crippen LogP contribution is -2.51. The number of esters is 1. The summed E-state index contributed by atoms with van der Waals surface area (Å²) >= 11 is 0. The summed E-state index contributed by atoms with van der Waals surface area (Å²) in [5, 5.41) is 0. The molecule has 2 aromatic rings. The number of carbonyl (C=O) groups is 2. The van der Waals surface area contributed by atoms with Gasteiger partial charge in [0.25, 0.3) is 5.91 Å². The molecule has 1 fully saturated rings. The first-order valence-electron chi connectivity index (χ1n) is 9.97. The Kier molecular flexibility index (Phi) is 6.82. The molecule has 7 heteroatoms. The summed E-state index contributed by atoms with van der Waals surface area (Å²) in [6.07, 6.45) is -0.876. The number of hydrogen-bond acceptors (Lipinski definition) is 6. The van der Waals surface area contributed by atoms with Gasteiger partial charge in [0.1, 0.15) is 11.5 Å². The van der Waals surface area contributed by atoms with Gasteiger partial charge in [-0.25, -0.2) is 4.79 Å². The van der Waals surface area contributed by atoms with Crippen LogP contribution in [-0.2, 0) is 9.53 Å². The maximum atomic E-state index is 12.8. The molecule has 7 nitrogen and oxygen atoms in total. The Morgan fingerprint density at radius 2 is 1.50 bits per heavy atom. The van der Waals surface area contributed by atoms with Crippen LogP contribution >= 0.6 is 0 Å². The van der Waals surface area contributed by atoms with Crippen LogP contribution in [0.5, 0.6) is 11.5 Å². The van der Waals surface area contributed by atoms with Crippen molar-refractivity contribution in [3.63, 3.8) is 0 Å². The second-order valence-corrected chi connectivity index (χ2v) is 7.20. The van der Waals surface area contributed by atoms with Gasteiger partial charge in [0, 0.05) is 37.4 Å². The Labute approximate surface area is 177 Å². The molecule has 1 aliphatic heterocycles. The monoisotopic (exact) mass is 412 g/mol. The standard InChI is InChI=1S/C23H28N2O5/c1-16-20(28-3)14-18(15-21(16)29-4)23(27)30-17(2)22(26)25-12-10-24(11-13-25)19-8-6-5-7-9-19/h5-9,14-15,17H,10-13H2,1-4H3. The number of para-hydroxylation sites is 1. The minimum absolute atomic E-state index is 0.192. The molecule has 30 heavy (non-hydrogen) atoms. The molecule has 0 aliphatic carbocycles. The number of rotatable bonds is 6. The van der Waals surface area contributed by atoms with E-state index in [1.807, 2.05) is 25.1 Å². The first kappa shape index (κ1) is 21.5. The van der Waals surface area contributed by atoms with Gasteiger partial charge in [0.2, 0.25) is 0 Å². The molecule has 3 rings (SSSR count). The number of amides is 1. The second-order valence-electron chi connectivity index (χ2n) is 7.20. The van der Waals surface area contributed by atoms with Crippen molar-refractivity contribution < 1.29 is 23.8 Å². The number of piperazine rings is 1. The first-order chi connectivity index (χ1) is 14.4. The zero-order chi connectivity index (χ0) is 21.7. The third-order valence-corrected chi connectivity index (χ3v) is 5.33. The van der Waals surface area contributed by atoms with Crippen molar-refractivity contribution >= 4 is 17.6 Å². The topological polar surface area (TPSA) is 68.3 Å². The molecule has 160 valence electrons. The van der Waals surface area contributed by atoms with Crippen LogP contribution < -0.4 is 14.4 Å². The fraction of sp³-hybridized carbons (Fsp3) is 0.391. The van der Waals surface area contributed by atoms with Crippen molar-refractivity contribution in [2.45, 2.75) is 20.0 Å². The highest BCUT2D eigenvalue weighted by Crippen LogP contribution is 2.30. The van der Waals surface area contributed by atoms with Crippen LogP contribution in [-0.4, -0.2) is 63.3 Å². The molecular weight excluding hydrogens is 384 g/mol. The molecule has 0 aromatic heterocycles. The van der Waals surface area contributed by atoms with Crippen LogP contribution in [0.15, 0.2) is 42.5 Å². The summed E-state index contributed by atoms with van der Waals surface area (Å²) in [7, 11) is 3.05. The van der Waals surface area contributed by atoms with Crippen LogP contribution in [0.25, 0.3) is 0 Å². The number of carbonyl (C=O) groups excluding carboxylic acids is 2. The van der Waals surface area contributed by atoms with E-state index >= 15 is 0 Å². The predicted molar refractivity (Wildman–Crippen MR) is 114 cm³/mol. The Morgan fingerprint density at radius 1 is 0.933 bits per heavy atom. The molecule has 0 spiro atoms. The van der Waals surface area contributed by atoms with E-state index in [1.165, 1.54) is 14.2 Å². The zero-order valence-electron chi connectivity index (χ0n) is 17.9. The third-order valence-electron chi connectivity index (χ3n) is 5.33. The number of ether oxygens (including phenoxy) is 3. The van der Waals surface area contributed by atoms with Crippen molar-refractivity contribution in [1.82, 2.24) is 4.90 Å². The van der Waals surface area contributed by atoms with E-state index in [-0.39, 0.29) is 11.5 Å². The molecule has 0 radical (unpaired) electrons. The molecule has 0 saturated carbocycles. The van der Waals surface area contributed by atoms with Crippen LogP contribution in [0.4, 0.5) is 5.69 Å². The normalized spacial score (nSPS) is 14.8. The van der Waals surface area contributed by atoms with Crippen LogP contribution in [0.3, 0.4) is 0 Å². The average Bonchev–Trinajstić information content (AvgIpc) is 2.79. The smallest absolute Gasteiger partial charge is 0.339 e. The Bertz CT molecular complexity index is 867. The Hall–Kier alpha value is -3.22. The van der Waals surface area contributed by atoms with E-state index in [0.29, 0.717) is 24.6 Å². The molecule has 1 heterocycles. The van der Waals surface area contributed by atoms with Crippen LogP contribution in [0.1, 0.15) is 22.8 Å². The van der Waals surface area contributed by atoms with Gasteiger partial charge in [0.05, 0.1) is 19.8 Å². The molecular formula is C23H28N2O5. The summed E-state index contributed by atoms with van der Waals surface area (Å²) in [5.41, 5.74) is 2.21. The molecule has 1 saturated heterocycles. The number of anilines is 1. The van der Waals surface area contributed by atoms with Crippen LogP contribution in [0, 0.1) is 6.92 Å². The fourth-order valence-corrected chi connectivity index (χ4v) is 3.56. The maximum absolute atomic E-state index is 12.8. The fourth-order valence-electron chi connectivity index (χ4n) is 3.56. The SMILES string of the molecule is COc1cc(C(=O)OC(C)C(=O)N2CCN(c3ccccc3)CC2)cc(OC)c1C. The van der Waals surface area contributed by atoms with E-state index in [2.05, 4.69) is 17.0 Å². The number of hydrogen-bond donors (Lipinski definition) is 0. The molecule has 1 aliphatic rings. The minimum atomic E-state index is -0.876. The van der Waals surface area contributed by atoms with Crippen molar-refractivity contribution in [3.05, 3.63) is 53.6 Å². The Balaban J connectivity index is 1.60. The molecule has 2 aromatic carbocycles. The molecule has 0 bridgehead atoms. The van der Waals surface area contributed by atoms with Gasteiger partial charge in [-0.1, -0.05) is 18.2 Å². The summed E-state index contributed by atoms with van der Waals surface area (Å²) in [4.78, 5) is 29.4. The molecule has 1 atom stereocenters. The van der Waals surface area contributed by atoms with Gasteiger partial charge in [-0.05, 0) is 38.1 Å². The average molecular weight is 412 g/mol. The van der Waals surface area contributed by atoms with Gasteiger partial charge in [0.15, 0.2) is 6.10 Å². The summed E-state index contributed by atoms with van der Waals surface area (Å²) in [6, 6.07) is 13.3. The van der Waals surface area contributed by atoms with Crippen molar-refractivity contribution in [2.75, 3.05) is 45.3 Å². The summed E-state index contributed by atoms with van der Waals surface area (Å²) < 4.78 is 16.1. The van der Waals surface area contributed by atoms with Gasteiger partial charge in [-0.3, -0.25) is 4.79 Å². The highest BCUT2D eigenvalue weighted by Gasteiger charge is 2.28. The summed E-state index contributed by atoms with van der Waals surface area (Å²) in [6.45, 7) is 6.09. The molecule has 1 unspecified atom stereocenters. The third kappa shape index (κ3) is 4.67. The minimum Gasteiger partial charge on any atom is -0.496 e. The first-order valence-corrected chi connectivity index (χ1v) is 9.97. The Morgan fingerprint density at radius 3 is 2.03 bits per heavy atom. The lowest BCUT2D eigenvalue weighted by molar-refractivity contribution is -0.140. The predicted octanol–water partition coefficient (Wildman–Crippen LogP) is 2.91. The maximum Gasteiger partial charge on any atom is 0.339 e. The quantitative estimate of drug-likeness (QED) is 0.680. The zero-order valence-corrected chi connectivity index (χ0v) is 17.9. The highest BCUT2D eigenvalue weighted by atomic mass is 16.5. The van der Waals surface area contributed by atoms with Crippen LogP contribution in [0.2, 0.25) is 0 Å². The lowest BCUT2D eigenvalue weighted by atomic mass is 10.1. The van der Waals surface area contributed by atoms with Crippen molar-refractivity contribution in [2.24, 2.45) is 0 Å².